The first-order chi connectivity index (χ1) is 12.6. The largest absolute Gasteiger partial charge is 0.507 e. The van der Waals surface area contributed by atoms with Crippen molar-refractivity contribution in [2.24, 2.45) is 0 Å². The molecular formula is C22H21N3O. The summed E-state index contributed by atoms with van der Waals surface area (Å²) in [5, 5.41) is 13.8. The lowest BCUT2D eigenvalue weighted by Crippen LogP contribution is -2.04. The van der Waals surface area contributed by atoms with Crippen LogP contribution in [0.5, 0.6) is 5.75 Å². The zero-order valence-corrected chi connectivity index (χ0v) is 14.9. The minimum absolute atomic E-state index is 0.228. The Bertz CT molecular complexity index is 1080. The van der Waals surface area contributed by atoms with Gasteiger partial charge in [0.1, 0.15) is 22.9 Å². The van der Waals surface area contributed by atoms with Gasteiger partial charge in [-0.3, -0.25) is 4.40 Å². The molecule has 0 unspecified atom stereocenters. The third-order valence-electron chi connectivity index (χ3n) is 4.65. The molecule has 0 fully saturated rings. The number of aromatic hydroxyl groups is 1. The van der Waals surface area contributed by atoms with Crippen LogP contribution in [-0.2, 0) is 6.54 Å². The topological polar surface area (TPSA) is 49.6 Å². The number of imidazole rings is 1. The summed E-state index contributed by atoms with van der Waals surface area (Å²) >= 11 is 0. The molecule has 0 saturated heterocycles. The van der Waals surface area contributed by atoms with Crippen molar-refractivity contribution in [3.8, 4) is 17.0 Å². The van der Waals surface area contributed by atoms with Crippen molar-refractivity contribution in [3.63, 3.8) is 0 Å². The van der Waals surface area contributed by atoms with Crippen LogP contribution in [0.1, 0.15) is 16.7 Å². The molecule has 0 bridgehead atoms. The molecule has 2 aromatic carbocycles. The van der Waals surface area contributed by atoms with Gasteiger partial charge >= 0.3 is 0 Å². The van der Waals surface area contributed by atoms with Crippen molar-refractivity contribution in [1.29, 1.82) is 0 Å². The molecule has 0 radical (unpaired) electrons. The van der Waals surface area contributed by atoms with Gasteiger partial charge < -0.3 is 10.4 Å². The smallest absolute Gasteiger partial charge is 0.139 e. The number of hydrogen-bond acceptors (Lipinski definition) is 3. The van der Waals surface area contributed by atoms with Gasteiger partial charge in [0, 0.05) is 18.3 Å². The second kappa shape index (κ2) is 6.56. The Kier molecular flexibility index (Phi) is 4.09. The van der Waals surface area contributed by atoms with Gasteiger partial charge in [-0.25, -0.2) is 4.98 Å². The van der Waals surface area contributed by atoms with Gasteiger partial charge in [-0.15, -0.1) is 0 Å². The van der Waals surface area contributed by atoms with Crippen LogP contribution in [-0.4, -0.2) is 14.5 Å². The molecule has 0 spiro atoms. The number of nitrogens with one attached hydrogen (secondary N) is 1. The van der Waals surface area contributed by atoms with Gasteiger partial charge in [-0.05, 0) is 54.8 Å². The summed E-state index contributed by atoms with van der Waals surface area (Å²) in [5.74, 6) is 1.11. The summed E-state index contributed by atoms with van der Waals surface area (Å²) in [5.41, 5.74) is 5.96. The minimum atomic E-state index is 0.228. The van der Waals surface area contributed by atoms with E-state index in [9.17, 15) is 5.11 Å². The Balaban J connectivity index is 1.82. The number of anilines is 1. The maximum absolute atomic E-state index is 10.3. The highest BCUT2D eigenvalue weighted by molar-refractivity contribution is 5.80. The van der Waals surface area contributed by atoms with E-state index in [1.807, 2.05) is 47.0 Å². The van der Waals surface area contributed by atoms with Crippen LogP contribution in [0.15, 0.2) is 66.9 Å². The second-order valence-electron chi connectivity index (χ2n) is 6.54. The predicted molar refractivity (Wildman–Crippen MR) is 106 cm³/mol. The number of benzene rings is 2. The Hall–Kier alpha value is -3.27. The van der Waals surface area contributed by atoms with Crippen molar-refractivity contribution < 1.29 is 5.11 Å². The molecule has 0 saturated carbocycles. The number of aromatic nitrogens is 2. The summed E-state index contributed by atoms with van der Waals surface area (Å²) in [6.45, 7) is 4.85. The normalized spacial score (nSPS) is 11.0. The van der Waals surface area contributed by atoms with Gasteiger partial charge in [0.15, 0.2) is 0 Å². The fraction of sp³-hybridized carbons (Fsp3) is 0.136. The molecular weight excluding hydrogens is 322 g/mol. The molecule has 4 nitrogen and oxygen atoms in total. The van der Waals surface area contributed by atoms with Crippen LogP contribution >= 0.6 is 0 Å². The van der Waals surface area contributed by atoms with Crippen LogP contribution in [0.4, 0.5) is 5.82 Å². The SMILES string of the molecule is Cc1ccn2c(NCc3ccccc3C)c(-c3ccccc3O)nc2c1. The monoisotopic (exact) mass is 343 g/mol. The number of pyridine rings is 1. The van der Waals surface area contributed by atoms with Crippen LogP contribution in [0, 0.1) is 13.8 Å². The van der Waals surface area contributed by atoms with Crippen LogP contribution in [0.2, 0.25) is 0 Å². The van der Waals surface area contributed by atoms with Gasteiger partial charge in [-0.2, -0.15) is 0 Å². The number of phenols is 1. The summed E-state index contributed by atoms with van der Waals surface area (Å²) in [4.78, 5) is 4.78. The molecule has 4 rings (SSSR count). The number of hydrogen-bond donors (Lipinski definition) is 2. The van der Waals surface area contributed by atoms with E-state index in [0.29, 0.717) is 6.54 Å². The van der Waals surface area contributed by atoms with Crippen LogP contribution in [0.3, 0.4) is 0 Å². The number of nitrogens with zero attached hydrogens (tertiary/aromatic N) is 2. The van der Waals surface area contributed by atoms with E-state index < -0.39 is 0 Å². The Morgan fingerprint density at radius 3 is 2.58 bits per heavy atom. The molecule has 0 aliphatic rings. The zero-order chi connectivity index (χ0) is 18.1. The van der Waals surface area contributed by atoms with Crippen LogP contribution < -0.4 is 5.32 Å². The van der Waals surface area contributed by atoms with E-state index in [1.165, 1.54) is 11.1 Å². The second-order valence-corrected chi connectivity index (χ2v) is 6.54. The highest BCUT2D eigenvalue weighted by atomic mass is 16.3. The van der Waals surface area contributed by atoms with E-state index in [-0.39, 0.29) is 5.75 Å². The van der Waals surface area contributed by atoms with Crippen molar-refractivity contribution >= 4 is 11.5 Å². The molecule has 2 N–H and O–H groups in total. The lowest BCUT2D eigenvalue weighted by atomic mass is 10.1. The Labute approximate surface area is 152 Å². The fourth-order valence-electron chi connectivity index (χ4n) is 3.16. The van der Waals surface area contributed by atoms with Crippen molar-refractivity contribution in [3.05, 3.63) is 83.6 Å². The maximum Gasteiger partial charge on any atom is 0.139 e. The number of para-hydroxylation sites is 1. The van der Waals surface area contributed by atoms with E-state index >= 15 is 0 Å². The van der Waals surface area contributed by atoms with Gasteiger partial charge in [0.2, 0.25) is 0 Å². The number of aryl methyl sites for hydroxylation is 2. The predicted octanol–water partition coefficient (Wildman–Crippen LogP) is 4.94. The Morgan fingerprint density at radius 1 is 1.00 bits per heavy atom. The summed E-state index contributed by atoms with van der Waals surface area (Å²) in [7, 11) is 0. The van der Waals surface area contributed by atoms with Gasteiger partial charge in [-0.1, -0.05) is 36.4 Å². The van der Waals surface area contributed by atoms with Crippen molar-refractivity contribution in [2.45, 2.75) is 20.4 Å². The number of phenolic OH excluding ortho intramolecular Hbond substituents is 1. The molecule has 0 atom stereocenters. The third-order valence-corrected chi connectivity index (χ3v) is 4.65. The van der Waals surface area contributed by atoms with Gasteiger partial charge in [0.25, 0.3) is 0 Å². The van der Waals surface area contributed by atoms with Gasteiger partial charge in [0.05, 0.1) is 0 Å². The highest BCUT2D eigenvalue weighted by Crippen LogP contribution is 2.34. The quantitative estimate of drug-likeness (QED) is 0.552. The first-order valence-corrected chi connectivity index (χ1v) is 8.69. The minimum Gasteiger partial charge on any atom is -0.507 e. The standard InChI is InChI=1S/C22H21N3O/c1-15-11-12-25-20(13-15)24-21(18-9-5-6-10-19(18)26)22(25)23-14-17-8-4-3-7-16(17)2/h3-13,23,26H,14H2,1-2H3. The molecule has 130 valence electrons. The maximum atomic E-state index is 10.3. The average Bonchev–Trinajstić information content (AvgIpc) is 2.98. The van der Waals surface area contributed by atoms with Crippen molar-refractivity contribution in [2.75, 3.05) is 5.32 Å². The first kappa shape index (κ1) is 16.2. The molecule has 0 aliphatic carbocycles. The fourth-order valence-corrected chi connectivity index (χ4v) is 3.16. The van der Waals surface area contributed by atoms with Crippen molar-refractivity contribution in [1.82, 2.24) is 9.38 Å². The molecule has 26 heavy (non-hydrogen) atoms. The van der Waals surface area contributed by atoms with E-state index in [0.717, 1.165) is 28.3 Å². The molecule has 0 aliphatic heterocycles. The zero-order valence-electron chi connectivity index (χ0n) is 14.9. The molecule has 2 aromatic heterocycles. The summed E-state index contributed by atoms with van der Waals surface area (Å²) in [6, 6.07) is 19.7. The summed E-state index contributed by atoms with van der Waals surface area (Å²) in [6.07, 6.45) is 2.02. The molecule has 2 heterocycles. The number of rotatable bonds is 4. The molecule has 4 heteroatoms. The number of fused-ring (bicyclic) bond motifs is 1. The molecule has 4 aromatic rings. The molecule has 0 amide bonds. The average molecular weight is 343 g/mol. The lowest BCUT2D eigenvalue weighted by molar-refractivity contribution is 0.477. The summed E-state index contributed by atoms with van der Waals surface area (Å²) < 4.78 is 2.03. The van der Waals surface area contributed by atoms with E-state index in [1.54, 1.807) is 6.07 Å². The first-order valence-electron chi connectivity index (χ1n) is 8.69. The highest BCUT2D eigenvalue weighted by Gasteiger charge is 2.16. The van der Waals surface area contributed by atoms with E-state index in [2.05, 4.69) is 37.4 Å². The van der Waals surface area contributed by atoms with Crippen LogP contribution in [0.25, 0.3) is 16.9 Å². The third kappa shape index (κ3) is 2.90. The Morgan fingerprint density at radius 2 is 1.77 bits per heavy atom. The lowest BCUT2D eigenvalue weighted by Gasteiger charge is -2.11. The van der Waals surface area contributed by atoms with E-state index in [4.69, 9.17) is 4.98 Å².